The molecule has 0 amide bonds. The van der Waals surface area contributed by atoms with Gasteiger partial charge in [0.1, 0.15) is 12.5 Å². The van der Waals surface area contributed by atoms with Gasteiger partial charge in [0.2, 0.25) is 0 Å². The Balaban J connectivity index is 2.87. The fraction of sp³-hybridized carbons (Fsp3) is 0.333. The van der Waals surface area contributed by atoms with Crippen molar-refractivity contribution in [3.63, 3.8) is 0 Å². The lowest BCUT2D eigenvalue weighted by molar-refractivity contribution is 0.475. The highest BCUT2D eigenvalue weighted by atomic mass is 19.1. The highest BCUT2D eigenvalue weighted by molar-refractivity contribution is 5.30. The molecule has 1 rings (SSSR count). The zero-order valence-corrected chi connectivity index (χ0v) is 5.63. The van der Waals surface area contributed by atoms with Crippen molar-refractivity contribution in [3.05, 3.63) is 18.1 Å². The topological polar surface area (TPSA) is 37.8 Å². The van der Waals surface area contributed by atoms with Crippen LogP contribution in [0.5, 0.6) is 0 Å². The number of alkyl halides is 1. The first-order chi connectivity index (χ1) is 4.86. The monoisotopic (exact) mass is 141 g/mol. The van der Waals surface area contributed by atoms with Crippen molar-refractivity contribution in [2.75, 3.05) is 12.4 Å². The number of anilines is 1. The SMILES string of the molecule is CNc1cncc(CF)n1. The van der Waals surface area contributed by atoms with Gasteiger partial charge in [-0.25, -0.2) is 9.37 Å². The molecule has 0 saturated heterocycles. The first-order valence-corrected chi connectivity index (χ1v) is 2.91. The summed E-state index contributed by atoms with van der Waals surface area (Å²) in [4.78, 5) is 7.62. The summed E-state index contributed by atoms with van der Waals surface area (Å²) in [6.07, 6.45) is 2.94. The molecule has 0 unspecified atom stereocenters. The van der Waals surface area contributed by atoms with E-state index in [1.54, 1.807) is 13.2 Å². The fourth-order valence-electron chi connectivity index (χ4n) is 0.591. The summed E-state index contributed by atoms with van der Waals surface area (Å²) in [6.45, 7) is -0.567. The number of nitrogens with zero attached hydrogens (tertiary/aromatic N) is 2. The first kappa shape index (κ1) is 6.92. The van der Waals surface area contributed by atoms with E-state index in [1.807, 2.05) is 0 Å². The minimum absolute atomic E-state index is 0.354. The molecule has 0 fully saturated rings. The predicted octanol–water partition coefficient (Wildman–Crippen LogP) is 0.988. The van der Waals surface area contributed by atoms with Crippen molar-refractivity contribution in [3.8, 4) is 0 Å². The van der Waals surface area contributed by atoms with Crippen LogP contribution in [-0.2, 0) is 6.67 Å². The summed E-state index contributed by atoms with van der Waals surface area (Å²) in [5.41, 5.74) is 0.354. The summed E-state index contributed by atoms with van der Waals surface area (Å²) in [6, 6.07) is 0. The van der Waals surface area contributed by atoms with Crippen LogP contribution in [0.2, 0.25) is 0 Å². The average Bonchev–Trinajstić information content (AvgIpc) is 2.05. The van der Waals surface area contributed by atoms with Crippen LogP contribution in [0.4, 0.5) is 10.2 Å². The van der Waals surface area contributed by atoms with Gasteiger partial charge in [-0.15, -0.1) is 0 Å². The maximum absolute atomic E-state index is 11.9. The molecule has 0 aliphatic heterocycles. The molecule has 0 radical (unpaired) electrons. The molecule has 0 spiro atoms. The second-order valence-corrected chi connectivity index (χ2v) is 1.78. The summed E-state index contributed by atoms with van der Waals surface area (Å²) in [5, 5.41) is 2.76. The minimum Gasteiger partial charge on any atom is -0.372 e. The fourth-order valence-corrected chi connectivity index (χ4v) is 0.591. The van der Waals surface area contributed by atoms with Crippen LogP contribution in [-0.4, -0.2) is 17.0 Å². The van der Waals surface area contributed by atoms with Gasteiger partial charge >= 0.3 is 0 Å². The van der Waals surface area contributed by atoms with Crippen LogP contribution < -0.4 is 5.32 Å². The Labute approximate surface area is 58.3 Å². The van der Waals surface area contributed by atoms with Crippen LogP contribution in [0.15, 0.2) is 12.4 Å². The number of hydrogen-bond donors (Lipinski definition) is 1. The molecular weight excluding hydrogens is 133 g/mol. The summed E-state index contributed by atoms with van der Waals surface area (Å²) >= 11 is 0. The van der Waals surface area contributed by atoms with Crippen LogP contribution in [0.25, 0.3) is 0 Å². The van der Waals surface area contributed by atoms with E-state index in [0.29, 0.717) is 11.5 Å². The molecule has 1 aromatic heterocycles. The molecule has 1 heterocycles. The predicted molar refractivity (Wildman–Crippen MR) is 36.4 cm³/mol. The lowest BCUT2D eigenvalue weighted by Crippen LogP contribution is -1.95. The molecule has 54 valence electrons. The third-order valence-electron chi connectivity index (χ3n) is 1.08. The Hall–Kier alpha value is -1.19. The number of nitrogens with one attached hydrogen (secondary N) is 1. The molecule has 0 bridgehead atoms. The molecule has 0 atom stereocenters. The third kappa shape index (κ3) is 1.40. The highest BCUT2D eigenvalue weighted by Crippen LogP contribution is 2.00. The van der Waals surface area contributed by atoms with Gasteiger partial charge in [-0.1, -0.05) is 0 Å². The third-order valence-corrected chi connectivity index (χ3v) is 1.08. The second kappa shape index (κ2) is 3.10. The van der Waals surface area contributed by atoms with Crippen molar-refractivity contribution in [1.29, 1.82) is 0 Å². The van der Waals surface area contributed by atoms with Gasteiger partial charge in [0.25, 0.3) is 0 Å². The van der Waals surface area contributed by atoms with Gasteiger partial charge in [-0.3, -0.25) is 4.98 Å². The zero-order valence-electron chi connectivity index (χ0n) is 5.63. The van der Waals surface area contributed by atoms with Gasteiger partial charge in [-0.2, -0.15) is 0 Å². The largest absolute Gasteiger partial charge is 0.372 e. The first-order valence-electron chi connectivity index (χ1n) is 2.91. The Bertz CT molecular complexity index is 195. The van der Waals surface area contributed by atoms with Crippen molar-refractivity contribution in [1.82, 2.24) is 9.97 Å². The Morgan fingerprint density at radius 2 is 2.40 bits per heavy atom. The van der Waals surface area contributed by atoms with Gasteiger partial charge < -0.3 is 5.32 Å². The average molecular weight is 141 g/mol. The van der Waals surface area contributed by atoms with E-state index in [1.165, 1.54) is 6.20 Å². The van der Waals surface area contributed by atoms with Gasteiger partial charge in [-0.05, 0) is 0 Å². The van der Waals surface area contributed by atoms with Crippen LogP contribution in [0, 0.1) is 0 Å². The molecule has 3 nitrogen and oxygen atoms in total. The Morgan fingerprint density at radius 1 is 1.60 bits per heavy atom. The van der Waals surface area contributed by atoms with E-state index in [-0.39, 0.29) is 0 Å². The zero-order chi connectivity index (χ0) is 7.40. The van der Waals surface area contributed by atoms with Gasteiger partial charge in [0.15, 0.2) is 0 Å². The van der Waals surface area contributed by atoms with Crippen LogP contribution >= 0.6 is 0 Å². The smallest absolute Gasteiger partial charge is 0.144 e. The van der Waals surface area contributed by atoms with E-state index >= 15 is 0 Å². The molecule has 10 heavy (non-hydrogen) atoms. The van der Waals surface area contributed by atoms with E-state index in [2.05, 4.69) is 15.3 Å². The lowest BCUT2D eigenvalue weighted by atomic mass is 10.5. The van der Waals surface area contributed by atoms with Gasteiger partial charge in [0.05, 0.1) is 18.1 Å². The van der Waals surface area contributed by atoms with Crippen LogP contribution in [0.1, 0.15) is 5.69 Å². The number of rotatable bonds is 2. The van der Waals surface area contributed by atoms with Crippen molar-refractivity contribution < 1.29 is 4.39 Å². The summed E-state index contributed by atoms with van der Waals surface area (Å²) in [7, 11) is 1.71. The summed E-state index contributed by atoms with van der Waals surface area (Å²) in [5.74, 6) is 0.593. The summed E-state index contributed by atoms with van der Waals surface area (Å²) < 4.78 is 11.9. The van der Waals surface area contributed by atoms with E-state index in [4.69, 9.17) is 0 Å². The lowest BCUT2D eigenvalue weighted by Gasteiger charge is -1.97. The van der Waals surface area contributed by atoms with E-state index in [0.717, 1.165) is 0 Å². The van der Waals surface area contributed by atoms with Crippen molar-refractivity contribution in [2.45, 2.75) is 6.67 Å². The maximum atomic E-state index is 11.9. The Morgan fingerprint density at radius 3 is 3.00 bits per heavy atom. The van der Waals surface area contributed by atoms with E-state index < -0.39 is 6.67 Å². The molecule has 0 aromatic carbocycles. The number of hydrogen-bond acceptors (Lipinski definition) is 3. The van der Waals surface area contributed by atoms with Gasteiger partial charge in [0, 0.05) is 7.05 Å². The molecule has 0 aliphatic carbocycles. The standard InChI is InChI=1S/C6H8FN3/c1-8-6-4-9-3-5(2-7)10-6/h3-4H,2H2,1H3,(H,8,10). The van der Waals surface area contributed by atoms with Crippen molar-refractivity contribution in [2.24, 2.45) is 0 Å². The number of halogens is 1. The van der Waals surface area contributed by atoms with Crippen LogP contribution in [0.3, 0.4) is 0 Å². The molecule has 1 N–H and O–H groups in total. The Kier molecular flexibility index (Phi) is 2.15. The van der Waals surface area contributed by atoms with Crippen molar-refractivity contribution >= 4 is 5.82 Å². The van der Waals surface area contributed by atoms with E-state index in [9.17, 15) is 4.39 Å². The number of aromatic nitrogens is 2. The molecule has 4 heteroatoms. The molecular formula is C6H8FN3. The molecule has 0 aliphatic rings. The minimum atomic E-state index is -0.567. The maximum Gasteiger partial charge on any atom is 0.144 e. The normalized spacial score (nSPS) is 9.40. The molecule has 0 saturated carbocycles. The quantitative estimate of drug-likeness (QED) is 0.667. The molecule has 1 aromatic rings. The second-order valence-electron chi connectivity index (χ2n) is 1.78. The highest BCUT2D eigenvalue weighted by Gasteiger charge is 1.93.